The lowest BCUT2D eigenvalue weighted by atomic mass is 10.5. The second-order valence-electron chi connectivity index (χ2n) is 1.98. The van der Waals surface area contributed by atoms with Crippen LogP contribution in [0, 0.1) is 0 Å². The lowest BCUT2D eigenvalue weighted by molar-refractivity contribution is 0.0995. The van der Waals surface area contributed by atoms with Crippen molar-refractivity contribution in [2.24, 2.45) is 5.73 Å². The van der Waals surface area contributed by atoms with Crippen molar-refractivity contribution in [2.45, 2.75) is 6.54 Å². The van der Waals surface area contributed by atoms with E-state index in [0.717, 1.165) is 0 Å². The Kier molecular flexibility index (Phi) is 2.00. The van der Waals surface area contributed by atoms with Crippen molar-refractivity contribution in [1.29, 1.82) is 0 Å². The first-order valence-electron chi connectivity index (χ1n) is 3.05. The summed E-state index contributed by atoms with van der Waals surface area (Å²) in [6, 6.07) is 0. The van der Waals surface area contributed by atoms with Crippen molar-refractivity contribution in [3.63, 3.8) is 0 Å². The Morgan fingerprint density at radius 2 is 2.64 bits per heavy atom. The molecule has 0 saturated carbocycles. The van der Waals surface area contributed by atoms with E-state index in [2.05, 4.69) is 16.9 Å². The van der Waals surface area contributed by atoms with Crippen LogP contribution in [-0.4, -0.2) is 20.9 Å². The fourth-order valence-electron chi connectivity index (χ4n) is 0.633. The third kappa shape index (κ3) is 1.64. The van der Waals surface area contributed by atoms with Gasteiger partial charge in [-0.15, -0.1) is 11.7 Å². The largest absolute Gasteiger partial charge is 0.364 e. The number of allylic oxidation sites excluding steroid dienone is 1. The molecule has 1 amide bonds. The molecule has 0 atom stereocenters. The van der Waals surface area contributed by atoms with Gasteiger partial charge in [0.1, 0.15) is 0 Å². The molecule has 58 valence electrons. The monoisotopic (exact) mass is 152 g/mol. The Balaban J connectivity index is 2.81. The summed E-state index contributed by atoms with van der Waals surface area (Å²) in [7, 11) is 0. The van der Waals surface area contributed by atoms with Gasteiger partial charge in [0.05, 0.1) is 12.7 Å². The summed E-state index contributed by atoms with van der Waals surface area (Å²) in [4.78, 5) is 10.5. The summed E-state index contributed by atoms with van der Waals surface area (Å²) in [6.07, 6.45) is 3.13. The minimum Gasteiger partial charge on any atom is -0.364 e. The van der Waals surface area contributed by atoms with Crippen LogP contribution in [0.4, 0.5) is 0 Å². The maximum Gasteiger partial charge on any atom is 0.270 e. The number of hydrogen-bond acceptors (Lipinski definition) is 3. The molecule has 0 aromatic carbocycles. The van der Waals surface area contributed by atoms with Crippen LogP contribution in [0.15, 0.2) is 18.9 Å². The summed E-state index contributed by atoms with van der Waals surface area (Å²) in [6.45, 7) is 4.03. The quantitative estimate of drug-likeness (QED) is 0.597. The third-order valence-corrected chi connectivity index (χ3v) is 1.11. The first-order chi connectivity index (χ1) is 5.24. The maximum absolute atomic E-state index is 10.5. The Hall–Kier alpha value is -1.65. The van der Waals surface area contributed by atoms with Crippen LogP contribution in [0.1, 0.15) is 10.5 Å². The third-order valence-electron chi connectivity index (χ3n) is 1.11. The molecule has 1 heterocycles. The molecule has 0 saturated heterocycles. The molecule has 0 radical (unpaired) electrons. The molecule has 0 fully saturated rings. The minimum absolute atomic E-state index is 0.173. The highest BCUT2D eigenvalue weighted by molar-refractivity contribution is 5.90. The number of aromatic nitrogens is 3. The molecular weight excluding hydrogens is 144 g/mol. The summed E-state index contributed by atoms with van der Waals surface area (Å²) >= 11 is 0. The van der Waals surface area contributed by atoms with Crippen LogP contribution in [0.3, 0.4) is 0 Å². The molecular formula is C6H8N4O. The average molecular weight is 152 g/mol. The molecule has 2 N–H and O–H groups in total. The smallest absolute Gasteiger partial charge is 0.270 e. The molecule has 0 aliphatic rings. The molecule has 1 aromatic heterocycles. The van der Waals surface area contributed by atoms with Gasteiger partial charge in [-0.1, -0.05) is 11.3 Å². The Bertz CT molecular complexity index is 278. The van der Waals surface area contributed by atoms with Crippen molar-refractivity contribution in [3.8, 4) is 0 Å². The van der Waals surface area contributed by atoms with Crippen molar-refractivity contribution < 1.29 is 4.79 Å². The minimum atomic E-state index is -0.569. The molecule has 1 rings (SSSR count). The summed E-state index contributed by atoms with van der Waals surface area (Å²) < 4.78 is 1.48. The molecule has 0 unspecified atom stereocenters. The zero-order chi connectivity index (χ0) is 8.27. The predicted molar refractivity (Wildman–Crippen MR) is 38.7 cm³/mol. The SMILES string of the molecule is C=CCn1cc(C(N)=O)nn1. The fourth-order valence-corrected chi connectivity index (χ4v) is 0.633. The Labute approximate surface area is 63.5 Å². The van der Waals surface area contributed by atoms with E-state index in [1.807, 2.05) is 0 Å². The highest BCUT2D eigenvalue weighted by Crippen LogP contribution is 1.90. The van der Waals surface area contributed by atoms with E-state index in [4.69, 9.17) is 5.73 Å². The normalized spacial score (nSPS) is 9.45. The lowest BCUT2D eigenvalue weighted by Crippen LogP contribution is -2.11. The van der Waals surface area contributed by atoms with Gasteiger partial charge in [0, 0.05) is 0 Å². The first kappa shape index (κ1) is 7.46. The van der Waals surface area contributed by atoms with Gasteiger partial charge in [0.2, 0.25) is 0 Å². The molecule has 1 aromatic rings. The van der Waals surface area contributed by atoms with Gasteiger partial charge in [-0.25, -0.2) is 4.68 Å². The van der Waals surface area contributed by atoms with Crippen LogP contribution in [-0.2, 0) is 6.54 Å². The fraction of sp³-hybridized carbons (Fsp3) is 0.167. The molecule has 0 aliphatic carbocycles. The number of primary amides is 1. The van der Waals surface area contributed by atoms with Crippen LogP contribution >= 0.6 is 0 Å². The van der Waals surface area contributed by atoms with E-state index in [1.165, 1.54) is 10.9 Å². The van der Waals surface area contributed by atoms with Gasteiger partial charge < -0.3 is 5.73 Å². The number of amides is 1. The van der Waals surface area contributed by atoms with E-state index in [0.29, 0.717) is 6.54 Å². The second kappa shape index (κ2) is 2.96. The molecule has 0 spiro atoms. The molecule has 11 heavy (non-hydrogen) atoms. The molecule has 0 bridgehead atoms. The van der Waals surface area contributed by atoms with E-state index in [-0.39, 0.29) is 5.69 Å². The van der Waals surface area contributed by atoms with E-state index in [9.17, 15) is 4.79 Å². The standard InChI is InChI=1S/C6H8N4O/c1-2-3-10-4-5(6(7)11)8-9-10/h2,4H,1,3H2,(H2,7,11). The number of nitrogens with two attached hydrogens (primary N) is 1. The van der Waals surface area contributed by atoms with Crippen LogP contribution < -0.4 is 5.73 Å². The van der Waals surface area contributed by atoms with E-state index in [1.54, 1.807) is 6.08 Å². The zero-order valence-corrected chi connectivity index (χ0v) is 5.90. The van der Waals surface area contributed by atoms with Gasteiger partial charge in [0.25, 0.3) is 5.91 Å². The number of nitrogens with zero attached hydrogens (tertiary/aromatic N) is 3. The second-order valence-corrected chi connectivity index (χ2v) is 1.98. The predicted octanol–water partition coefficient (Wildman–Crippen LogP) is -0.437. The van der Waals surface area contributed by atoms with Gasteiger partial charge >= 0.3 is 0 Å². The van der Waals surface area contributed by atoms with E-state index >= 15 is 0 Å². The molecule has 5 heteroatoms. The van der Waals surface area contributed by atoms with Crippen molar-refractivity contribution >= 4 is 5.91 Å². The number of carbonyl (C=O) groups is 1. The Morgan fingerprint density at radius 1 is 1.91 bits per heavy atom. The van der Waals surface area contributed by atoms with Crippen LogP contribution in [0.25, 0.3) is 0 Å². The topological polar surface area (TPSA) is 73.8 Å². The first-order valence-corrected chi connectivity index (χ1v) is 3.05. The Morgan fingerprint density at radius 3 is 3.09 bits per heavy atom. The number of carbonyl (C=O) groups excluding carboxylic acids is 1. The van der Waals surface area contributed by atoms with Gasteiger partial charge in [-0.05, 0) is 0 Å². The van der Waals surface area contributed by atoms with Crippen molar-refractivity contribution in [1.82, 2.24) is 15.0 Å². The van der Waals surface area contributed by atoms with Gasteiger partial charge in [0.15, 0.2) is 5.69 Å². The van der Waals surface area contributed by atoms with Crippen LogP contribution in [0.5, 0.6) is 0 Å². The zero-order valence-electron chi connectivity index (χ0n) is 5.90. The number of rotatable bonds is 3. The van der Waals surface area contributed by atoms with Crippen molar-refractivity contribution in [3.05, 3.63) is 24.5 Å². The maximum atomic E-state index is 10.5. The molecule has 0 aliphatic heterocycles. The van der Waals surface area contributed by atoms with Gasteiger partial charge in [-0.2, -0.15) is 0 Å². The van der Waals surface area contributed by atoms with Crippen molar-refractivity contribution in [2.75, 3.05) is 0 Å². The summed E-state index contributed by atoms with van der Waals surface area (Å²) in [5, 5.41) is 7.15. The lowest BCUT2D eigenvalue weighted by Gasteiger charge is -1.88. The summed E-state index contributed by atoms with van der Waals surface area (Å²) in [5.74, 6) is -0.569. The molecule has 5 nitrogen and oxygen atoms in total. The highest BCUT2D eigenvalue weighted by atomic mass is 16.1. The van der Waals surface area contributed by atoms with Crippen LogP contribution in [0.2, 0.25) is 0 Å². The van der Waals surface area contributed by atoms with Gasteiger partial charge in [-0.3, -0.25) is 4.79 Å². The average Bonchev–Trinajstić information content (AvgIpc) is 2.37. The summed E-state index contributed by atoms with van der Waals surface area (Å²) in [5.41, 5.74) is 5.12. The van der Waals surface area contributed by atoms with E-state index < -0.39 is 5.91 Å². The number of hydrogen-bond donors (Lipinski definition) is 1. The highest BCUT2D eigenvalue weighted by Gasteiger charge is 2.03.